The summed E-state index contributed by atoms with van der Waals surface area (Å²) < 4.78 is 75.3. The highest BCUT2D eigenvalue weighted by molar-refractivity contribution is 7.97. The number of carboxylic acids is 1. The number of aliphatic carboxylic acids is 1. The largest absolute Gasteiger partial charge is 0.496 e. The molecule has 306 valence electrons. The minimum absolute atomic E-state index is 0.123. The first-order valence-electron chi connectivity index (χ1n) is 16.5. The Morgan fingerprint density at radius 3 is 1.71 bits per heavy atom. The molecule has 0 amide bonds. The van der Waals surface area contributed by atoms with Crippen LogP contribution in [0.1, 0.15) is 27.8 Å². The van der Waals surface area contributed by atoms with Crippen LogP contribution in [-0.4, -0.2) is 101 Å². The van der Waals surface area contributed by atoms with Gasteiger partial charge in [-0.05, 0) is 80.0 Å². The highest BCUT2D eigenvalue weighted by Crippen LogP contribution is 2.33. The van der Waals surface area contributed by atoms with Gasteiger partial charge in [0.1, 0.15) is 17.8 Å². The molecule has 0 spiro atoms. The van der Waals surface area contributed by atoms with E-state index in [4.69, 9.17) is 37.0 Å². The third-order valence-corrected chi connectivity index (χ3v) is 9.71. The molecule has 16 heteroatoms. The molecule has 0 radical (unpaired) electrons. The quantitative estimate of drug-likeness (QED) is 0.163. The zero-order valence-electron chi connectivity index (χ0n) is 32.6. The molecule has 2 atom stereocenters. The predicted octanol–water partition coefficient (Wildman–Crippen LogP) is 5.63. The normalized spacial score (nSPS) is 11.6. The van der Waals surface area contributed by atoms with Crippen molar-refractivity contribution in [1.29, 1.82) is 0 Å². The molecule has 3 aromatic carbocycles. The van der Waals surface area contributed by atoms with Gasteiger partial charge in [0.25, 0.3) is 0 Å². The first-order valence-corrected chi connectivity index (χ1v) is 19.6. The van der Waals surface area contributed by atoms with E-state index in [0.29, 0.717) is 35.4 Å². The number of carbonyl (C=O) groups excluding carboxylic acids is 2. The van der Waals surface area contributed by atoms with E-state index in [2.05, 4.69) is 17.2 Å². The average Bonchev–Trinajstić information content (AvgIpc) is 3.16. The van der Waals surface area contributed by atoms with Crippen LogP contribution in [0.25, 0.3) is 0 Å². The minimum atomic E-state index is -5.08. The lowest BCUT2D eigenvalue weighted by Crippen LogP contribution is -2.47. The standard InChI is InChI=1S/C23H27NO5S.C13H15NO2.C2HF3O2.C2H6S/c1-7-13-24(20(23(25)29-6)15-19-11-9-8-10-12-19)30(26,27)22-16(2)14-21(28-5)17(3)18(22)4;1-3-9-14-12(13(15)16-2)10-11-7-5-4-6-8-11;3-2(4,5)1(6)7;1-3-2/h1,8-12,14,20H,13,15H2,2-6H3;1,4-8,12,14H,9-10H2,2H3;(H,6,7);1-2H3/t20-;12-;;/m00../s1. The van der Waals surface area contributed by atoms with E-state index < -0.39 is 34.2 Å². The number of esters is 2. The van der Waals surface area contributed by atoms with Crippen LogP contribution in [0.5, 0.6) is 5.75 Å². The van der Waals surface area contributed by atoms with Gasteiger partial charge in [-0.1, -0.05) is 72.5 Å². The number of ether oxygens (including phenoxy) is 3. The summed E-state index contributed by atoms with van der Waals surface area (Å²) in [5.41, 5.74) is 3.64. The Morgan fingerprint density at radius 1 is 0.857 bits per heavy atom. The van der Waals surface area contributed by atoms with Gasteiger partial charge in [0.2, 0.25) is 10.0 Å². The number of aryl methyl sites for hydroxylation is 1. The second-order valence-electron chi connectivity index (χ2n) is 11.5. The molecule has 0 bridgehead atoms. The van der Waals surface area contributed by atoms with Crippen molar-refractivity contribution in [3.8, 4) is 30.4 Å². The number of halogens is 3. The molecule has 0 heterocycles. The van der Waals surface area contributed by atoms with Crippen LogP contribution < -0.4 is 10.1 Å². The lowest BCUT2D eigenvalue weighted by molar-refractivity contribution is -0.192. The monoisotopic (exact) mass is 822 g/mol. The zero-order chi connectivity index (χ0) is 43.1. The average molecular weight is 823 g/mol. The Kier molecular flexibility index (Phi) is 23.6. The summed E-state index contributed by atoms with van der Waals surface area (Å²) >= 11 is 1.75. The molecule has 3 rings (SSSR count). The summed E-state index contributed by atoms with van der Waals surface area (Å²) in [7, 11) is 0.0269. The number of rotatable bonds is 13. The number of nitrogens with one attached hydrogen (secondary N) is 1. The molecule has 11 nitrogen and oxygen atoms in total. The topological polar surface area (TPSA) is 149 Å². The fourth-order valence-electron chi connectivity index (χ4n) is 4.89. The number of alkyl halides is 3. The van der Waals surface area contributed by atoms with Gasteiger partial charge in [-0.25, -0.2) is 13.2 Å². The van der Waals surface area contributed by atoms with E-state index in [-0.39, 0.29) is 29.9 Å². The fourth-order valence-corrected chi connectivity index (χ4v) is 6.87. The number of benzene rings is 3. The van der Waals surface area contributed by atoms with Crippen molar-refractivity contribution in [3.63, 3.8) is 0 Å². The summed E-state index contributed by atoms with van der Waals surface area (Å²) in [6, 6.07) is 19.1. The van der Waals surface area contributed by atoms with Crippen molar-refractivity contribution >= 4 is 39.7 Å². The Labute approximate surface area is 332 Å². The van der Waals surface area contributed by atoms with Gasteiger partial charge in [0, 0.05) is 0 Å². The molecule has 0 unspecified atom stereocenters. The van der Waals surface area contributed by atoms with Gasteiger partial charge in [0.05, 0.1) is 39.3 Å². The van der Waals surface area contributed by atoms with E-state index in [1.54, 1.807) is 38.6 Å². The number of methoxy groups -OCH3 is 3. The summed E-state index contributed by atoms with van der Waals surface area (Å²) in [4.78, 5) is 33.1. The number of thioether (sulfide) groups is 1. The number of nitrogens with zero attached hydrogens (tertiary/aromatic N) is 1. The maximum atomic E-state index is 13.7. The Balaban J connectivity index is 0.000000964. The van der Waals surface area contributed by atoms with Gasteiger partial charge in [-0.15, -0.1) is 12.8 Å². The summed E-state index contributed by atoms with van der Waals surface area (Å²) in [5, 5.41) is 10.1. The maximum absolute atomic E-state index is 13.7. The van der Waals surface area contributed by atoms with Crippen molar-refractivity contribution < 1.29 is 55.3 Å². The van der Waals surface area contributed by atoms with Crippen LogP contribution in [0.4, 0.5) is 13.2 Å². The molecular formula is C40H49F3N2O9S2. The van der Waals surface area contributed by atoms with Gasteiger partial charge in [0.15, 0.2) is 0 Å². The number of carbonyl (C=O) groups is 3. The summed E-state index contributed by atoms with van der Waals surface area (Å²) in [6.07, 6.45) is 10.4. The molecule has 0 fully saturated rings. The van der Waals surface area contributed by atoms with Crippen LogP contribution in [0.3, 0.4) is 0 Å². The molecule has 0 aromatic heterocycles. The lowest BCUT2D eigenvalue weighted by Gasteiger charge is -2.29. The lowest BCUT2D eigenvalue weighted by atomic mass is 10.1. The smallest absolute Gasteiger partial charge is 0.490 e. The van der Waals surface area contributed by atoms with Crippen LogP contribution in [0.2, 0.25) is 0 Å². The second kappa shape index (κ2) is 26.0. The second-order valence-corrected chi connectivity index (χ2v) is 14.2. The zero-order valence-corrected chi connectivity index (χ0v) is 34.2. The van der Waals surface area contributed by atoms with Gasteiger partial charge >= 0.3 is 24.1 Å². The molecule has 2 N–H and O–H groups in total. The number of hydrogen-bond acceptors (Lipinski definition) is 10. The minimum Gasteiger partial charge on any atom is -0.496 e. The SMILES string of the molecule is C#CCN([C@@H](Cc1ccccc1)C(=O)OC)S(=O)(=O)c1c(C)cc(OC)c(C)c1C.C#CCN[C@@H](Cc1ccccc1)C(=O)OC.CSC.O=C(O)C(F)(F)F. The number of carboxylic acid groups (broad SMARTS) is 1. The Morgan fingerprint density at radius 2 is 1.32 bits per heavy atom. The number of sulfonamides is 1. The van der Waals surface area contributed by atoms with Crippen LogP contribution in [-0.2, 0) is 46.7 Å². The molecule has 0 aliphatic carbocycles. The van der Waals surface area contributed by atoms with Gasteiger partial charge < -0.3 is 19.3 Å². The molecular weight excluding hydrogens is 774 g/mol. The Hall–Kier alpha value is -5.00. The highest BCUT2D eigenvalue weighted by atomic mass is 32.2. The van der Waals surface area contributed by atoms with Crippen molar-refractivity contribution in [2.45, 2.75) is 56.8 Å². The molecule has 0 saturated carbocycles. The highest BCUT2D eigenvalue weighted by Gasteiger charge is 2.39. The van der Waals surface area contributed by atoms with E-state index in [1.807, 2.05) is 73.2 Å². The predicted molar refractivity (Wildman–Crippen MR) is 212 cm³/mol. The Bertz CT molecular complexity index is 1880. The van der Waals surface area contributed by atoms with E-state index >= 15 is 0 Å². The molecule has 56 heavy (non-hydrogen) atoms. The van der Waals surface area contributed by atoms with Gasteiger partial charge in [-0.2, -0.15) is 29.2 Å². The first kappa shape index (κ1) is 51.0. The van der Waals surface area contributed by atoms with E-state index in [1.165, 1.54) is 21.3 Å². The maximum Gasteiger partial charge on any atom is 0.490 e. The van der Waals surface area contributed by atoms with Crippen molar-refractivity contribution in [2.75, 3.05) is 46.9 Å². The van der Waals surface area contributed by atoms with Crippen molar-refractivity contribution in [1.82, 2.24) is 9.62 Å². The number of terminal acetylenes is 2. The van der Waals surface area contributed by atoms with Crippen LogP contribution in [0.15, 0.2) is 71.6 Å². The first-order chi connectivity index (χ1) is 26.3. The van der Waals surface area contributed by atoms with Crippen molar-refractivity contribution in [2.24, 2.45) is 0 Å². The van der Waals surface area contributed by atoms with Crippen LogP contribution in [0, 0.1) is 45.5 Å². The third-order valence-electron chi connectivity index (χ3n) is 7.57. The fraction of sp³-hybridized carbons (Fsp3) is 0.375. The van der Waals surface area contributed by atoms with E-state index in [0.717, 1.165) is 15.4 Å². The molecule has 3 aromatic rings. The third kappa shape index (κ3) is 16.8. The molecule has 0 aliphatic rings. The van der Waals surface area contributed by atoms with E-state index in [9.17, 15) is 31.2 Å². The van der Waals surface area contributed by atoms with Gasteiger partial charge in [-0.3, -0.25) is 14.9 Å². The summed E-state index contributed by atoms with van der Waals surface area (Å²) in [5.74, 6) is 1.70. The molecule has 0 aliphatic heterocycles. The van der Waals surface area contributed by atoms with Crippen molar-refractivity contribution in [3.05, 3.63) is 94.5 Å². The molecule has 0 saturated heterocycles. The summed E-state index contributed by atoms with van der Waals surface area (Å²) in [6.45, 7) is 5.29. The number of hydrogen-bond donors (Lipinski definition) is 2. The van der Waals surface area contributed by atoms with Crippen LogP contribution >= 0.6 is 11.8 Å².